The molecule has 0 radical (unpaired) electrons. The summed E-state index contributed by atoms with van der Waals surface area (Å²) in [6, 6.07) is 4.28. The van der Waals surface area contributed by atoms with Crippen molar-refractivity contribution in [3.8, 4) is 0 Å². The number of hydrogen-bond acceptors (Lipinski definition) is 3. The van der Waals surface area contributed by atoms with E-state index in [0.717, 1.165) is 12.0 Å². The summed E-state index contributed by atoms with van der Waals surface area (Å²) in [4.78, 5) is 11.9. The van der Waals surface area contributed by atoms with E-state index in [9.17, 15) is 4.79 Å². The third kappa shape index (κ3) is 4.62. The maximum absolute atomic E-state index is 11.9. The molecule has 0 saturated carbocycles. The lowest BCUT2D eigenvalue weighted by atomic mass is 10.1. The molecule has 20 heavy (non-hydrogen) atoms. The van der Waals surface area contributed by atoms with E-state index in [2.05, 4.69) is 15.8 Å². The fourth-order valence-corrected chi connectivity index (χ4v) is 1.83. The zero-order valence-electron chi connectivity index (χ0n) is 11.5. The van der Waals surface area contributed by atoms with Crippen molar-refractivity contribution < 1.29 is 10.0 Å². The van der Waals surface area contributed by atoms with Gasteiger partial charge in [-0.1, -0.05) is 36.2 Å². The molecule has 0 heterocycles. The van der Waals surface area contributed by atoms with Crippen LogP contribution < -0.4 is 16.4 Å². The Bertz CT molecular complexity index is 505. The molecule has 1 unspecified atom stereocenters. The maximum atomic E-state index is 11.9. The highest BCUT2D eigenvalue weighted by molar-refractivity contribution is 6.31. The lowest BCUT2D eigenvalue weighted by Crippen LogP contribution is -2.46. The number of hydrogen-bond donors (Lipinski definition) is 4. The number of benzene rings is 1. The van der Waals surface area contributed by atoms with E-state index >= 15 is 0 Å². The number of carbonyl (C=O) groups excluding carboxylic acids is 1. The molecule has 110 valence electrons. The number of amidine groups is 1. The van der Waals surface area contributed by atoms with E-state index in [4.69, 9.17) is 22.5 Å². The van der Waals surface area contributed by atoms with Gasteiger partial charge >= 0.3 is 6.03 Å². The molecule has 2 amide bonds. The number of nitrogens with zero attached hydrogens (tertiary/aromatic N) is 1. The summed E-state index contributed by atoms with van der Waals surface area (Å²) in [5, 5.41) is 17.5. The van der Waals surface area contributed by atoms with Gasteiger partial charge in [-0.3, -0.25) is 0 Å². The van der Waals surface area contributed by atoms with Gasteiger partial charge in [0.25, 0.3) is 0 Å². The smallest absolute Gasteiger partial charge is 0.319 e. The highest BCUT2D eigenvalue weighted by Gasteiger charge is 2.16. The number of nitrogens with one attached hydrogen (secondary N) is 2. The summed E-state index contributed by atoms with van der Waals surface area (Å²) in [5.41, 5.74) is 7.03. The third-order valence-corrected chi connectivity index (χ3v) is 3.19. The first-order valence-electron chi connectivity index (χ1n) is 6.29. The molecular weight excluding hydrogens is 280 g/mol. The zero-order chi connectivity index (χ0) is 15.1. The molecule has 0 saturated heterocycles. The Morgan fingerprint density at radius 1 is 1.55 bits per heavy atom. The summed E-state index contributed by atoms with van der Waals surface area (Å²) in [6.45, 7) is 3.82. The summed E-state index contributed by atoms with van der Waals surface area (Å²) >= 11 is 5.98. The Morgan fingerprint density at radius 2 is 2.25 bits per heavy atom. The first-order chi connectivity index (χ1) is 9.47. The van der Waals surface area contributed by atoms with Gasteiger partial charge in [-0.2, -0.15) is 0 Å². The topological polar surface area (TPSA) is 99.7 Å². The Labute approximate surface area is 123 Å². The van der Waals surface area contributed by atoms with E-state index in [0.29, 0.717) is 17.1 Å². The average molecular weight is 299 g/mol. The molecule has 6 nitrogen and oxygen atoms in total. The van der Waals surface area contributed by atoms with Crippen molar-refractivity contribution in [3.05, 3.63) is 28.8 Å². The van der Waals surface area contributed by atoms with Gasteiger partial charge in [-0.15, -0.1) is 0 Å². The Hall–Kier alpha value is -1.95. The van der Waals surface area contributed by atoms with E-state index in [1.54, 1.807) is 12.1 Å². The second-order valence-corrected chi connectivity index (χ2v) is 4.84. The molecule has 1 aromatic carbocycles. The standard InChI is InChI=1S/C13H19ClN4O2/c1-3-4-11(12(15)18-20)17-13(19)16-9-6-5-8(2)10(14)7-9/h5-7,11,20H,3-4H2,1-2H3,(H2,15,18)(H2,16,17,19). The quantitative estimate of drug-likeness (QED) is 0.291. The minimum atomic E-state index is -0.508. The lowest BCUT2D eigenvalue weighted by Gasteiger charge is -2.17. The predicted octanol–water partition coefficient (Wildman–Crippen LogP) is 2.69. The number of oxime groups is 1. The van der Waals surface area contributed by atoms with Gasteiger partial charge in [0.2, 0.25) is 0 Å². The average Bonchev–Trinajstić information content (AvgIpc) is 2.41. The van der Waals surface area contributed by atoms with Crippen LogP contribution in [0, 0.1) is 6.92 Å². The molecule has 7 heteroatoms. The third-order valence-electron chi connectivity index (χ3n) is 2.78. The second kappa shape index (κ2) is 7.59. The number of carbonyl (C=O) groups is 1. The van der Waals surface area contributed by atoms with Crippen LogP contribution in [-0.4, -0.2) is 23.1 Å². The molecule has 0 spiro atoms. The predicted molar refractivity (Wildman–Crippen MR) is 80.4 cm³/mol. The Morgan fingerprint density at radius 3 is 2.80 bits per heavy atom. The number of nitrogens with two attached hydrogens (primary N) is 1. The highest BCUT2D eigenvalue weighted by atomic mass is 35.5. The molecule has 1 atom stereocenters. The van der Waals surface area contributed by atoms with Crippen LogP contribution in [0.1, 0.15) is 25.3 Å². The van der Waals surface area contributed by atoms with Crippen LogP contribution in [0.5, 0.6) is 0 Å². The number of halogens is 1. The van der Waals surface area contributed by atoms with E-state index in [1.807, 2.05) is 19.9 Å². The SMILES string of the molecule is CCCC(NC(=O)Nc1ccc(C)c(Cl)c1)/C(N)=N/O. The number of rotatable bonds is 5. The summed E-state index contributed by atoms with van der Waals surface area (Å²) in [5.74, 6) is -0.0241. The highest BCUT2D eigenvalue weighted by Crippen LogP contribution is 2.19. The number of anilines is 1. The van der Waals surface area contributed by atoms with E-state index in [-0.39, 0.29) is 5.84 Å². The molecular formula is C13H19ClN4O2. The van der Waals surface area contributed by atoms with Gasteiger partial charge in [-0.05, 0) is 31.0 Å². The van der Waals surface area contributed by atoms with Gasteiger partial charge < -0.3 is 21.6 Å². The minimum Gasteiger partial charge on any atom is -0.409 e. The Kier molecular flexibility index (Phi) is 6.11. The van der Waals surface area contributed by atoms with Crippen molar-refractivity contribution in [3.63, 3.8) is 0 Å². The van der Waals surface area contributed by atoms with Crippen LogP contribution in [0.25, 0.3) is 0 Å². The van der Waals surface area contributed by atoms with Crippen LogP contribution >= 0.6 is 11.6 Å². The molecule has 0 aliphatic rings. The van der Waals surface area contributed by atoms with Gasteiger partial charge in [0, 0.05) is 10.7 Å². The first-order valence-corrected chi connectivity index (χ1v) is 6.66. The van der Waals surface area contributed by atoms with Gasteiger partial charge in [0.05, 0.1) is 6.04 Å². The largest absolute Gasteiger partial charge is 0.409 e. The summed E-state index contributed by atoms with van der Waals surface area (Å²) in [6.07, 6.45) is 1.37. The molecule has 0 bridgehead atoms. The van der Waals surface area contributed by atoms with E-state index in [1.165, 1.54) is 0 Å². The fraction of sp³-hybridized carbons (Fsp3) is 0.385. The normalized spacial score (nSPS) is 12.8. The van der Waals surface area contributed by atoms with Gasteiger partial charge in [0.15, 0.2) is 5.84 Å². The van der Waals surface area contributed by atoms with Crippen molar-refractivity contribution in [1.82, 2.24) is 5.32 Å². The van der Waals surface area contributed by atoms with Crippen molar-refractivity contribution in [2.75, 3.05) is 5.32 Å². The van der Waals surface area contributed by atoms with E-state index < -0.39 is 12.1 Å². The van der Waals surface area contributed by atoms with Crippen LogP contribution in [0.4, 0.5) is 10.5 Å². The summed E-state index contributed by atoms with van der Waals surface area (Å²) < 4.78 is 0. The molecule has 1 rings (SSSR count). The van der Waals surface area contributed by atoms with Crippen LogP contribution in [0.2, 0.25) is 5.02 Å². The molecule has 0 aromatic heterocycles. The van der Waals surface area contributed by atoms with Gasteiger partial charge in [0.1, 0.15) is 0 Å². The minimum absolute atomic E-state index is 0.0241. The van der Waals surface area contributed by atoms with Crippen LogP contribution in [0.3, 0.4) is 0 Å². The number of urea groups is 1. The fourth-order valence-electron chi connectivity index (χ4n) is 1.65. The van der Waals surface area contributed by atoms with Crippen molar-refractivity contribution >= 4 is 29.2 Å². The molecule has 1 aromatic rings. The van der Waals surface area contributed by atoms with Crippen LogP contribution in [0.15, 0.2) is 23.4 Å². The van der Waals surface area contributed by atoms with Crippen molar-refractivity contribution in [2.45, 2.75) is 32.7 Å². The Balaban J connectivity index is 2.67. The molecule has 0 aliphatic heterocycles. The molecule has 0 fully saturated rings. The van der Waals surface area contributed by atoms with Crippen molar-refractivity contribution in [1.29, 1.82) is 0 Å². The number of amides is 2. The monoisotopic (exact) mass is 298 g/mol. The first kappa shape index (κ1) is 16.1. The maximum Gasteiger partial charge on any atom is 0.319 e. The summed E-state index contributed by atoms with van der Waals surface area (Å²) in [7, 11) is 0. The molecule has 0 aliphatic carbocycles. The zero-order valence-corrected chi connectivity index (χ0v) is 12.2. The van der Waals surface area contributed by atoms with Gasteiger partial charge in [-0.25, -0.2) is 4.79 Å². The molecule has 5 N–H and O–H groups in total. The van der Waals surface area contributed by atoms with Crippen molar-refractivity contribution in [2.24, 2.45) is 10.9 Å². The van der Waals surface area contributed by atoms with Crippen LogP contribution in [-0.2, 0) is 0 Å². The lowest BCUT2D eigenvalue weighted by molar-refractivity contribution is 0.250. The number of aryl methyl sites for hydroxylation is 1. The second-order valence-electron chi connectivity index (χ2n) is 4.43.